The predicted molar refractivity (Wildman–Crippen MR) is 77.1 cm³/mol. The highest BCUT2D eigenvalue weighted by Gasteiger charge is 2.17. The number of nitrogen functional groups attached to an aromatic ring is 1. The third kappa shape index (κ3) is 2.97. The molecule has 0 atom stereocenters. The van der Waals surface area contributed by atoms with Gasteiger partial charge in [0.15, 0.2) is 0 Å². The maximum atomic E-state index is 12.7. The maximum Gasteiger partial charge on any atom is 0.221 e. The fourth-order valence-electron chi connectivity index (χ4n) is 1.44. The Hall–Kier alpha value is -2.34. The molecular weight excluding hydrogens is 276 g/mol. The summed E-state index contributed by atoms with van der Waals surface area (Å²) in [4.78, 5) is 10.2. The first-order valence-electron chi connectivity index (χ1n) is 7.56. The first-order chi connectivity index (χ1) is 11.1. The molecule has 0 aromatic heterocycles. The van der Waals surface area contributed by atoms with E-state index in [1.165, 1.54) is 24.3 Å². The van der Waals surface area contributed by atoms with E-state index in [0.717, 1.165) is 6.92 Å². The molecule has 0 radical (unpaired) electrons. The summed E-state index contributed by atoms with van der Waals surface area (Å²) >= 11 is 0. The van der Waals surface area contributed by atoms with Gasteiger partial charge in [-0.2, -0.15) is 0 Å². The standard InChI is InChI=1S/C14H14N2O3S/c1-10(17)16-12-4-8-14(9-5-12)20(18,19)13-6-2-11(15)3-7-13/h2-9H,15H2,1H3,(H,16,17)/i4D,5D,8D,9D. The largest absolute Gasteiger partial charge is 0.399 e. The van der Waals surface area contributed by atoms with Crippen LogP contribution < -0.4 is 11.1 Å². The molecule has 0 aliphatic carbocycles. The lowest BCUT2D eigenvalue weighted by molar-refractivity contribution is -0.114. The van der Waals surface area contributed by atoms with Crippen molar-refractivity contribution in [3.05, 3.63) is 48.4 Å². The summed E-state index contributed by atoms with van der Waals surface area (Å²) in [5, 5.41) is 2.18. The average Bonchev–Trinajstić information content (AvgIpc) is 2.50. The Morgan fingerprint density at radius 3 is 2.15 bits per heavy atom. The molecular formula is C14H14N2O3S. The van der Waals surface area contributed by atoms with E-state index < -0.39 is 44.8 Å². The molecule has 5 nitrogen and oxygen atoms in total. The molecule has 0 fully saturated rings. The van der Waals surface area contributed by atoms with Crippen molar-refractivity contribution in [2.75, 3.05) is 11.1 Å². The molecule has 0 saturated heterocycles. The smallest absolute Gasteiger partial charge is 0.221 e. The topological polar surface area (TPSA) is 89.3 Å². The van der Waals surface area contributed by atoms with Crippen molar-refractivity contribution in [1.29, 1.82) is 0 Å². The first kappa shape index (κ1) is 9.55. The number of benzene rings is 2. The molecule has 0 heterocycles. The highest BCUT2D eigenvalue weighted by atomic mass is 32.2. The number of nitrogens with two attached hydrogens (primary N) is 1. The number of hydrogen-bond acceptors (Lipinski definition) is 4. The number of hydrogen-bond donors (Lipinski definition) is 2. The van der Waals surface area contributed by atoms with Crippen molar-refractivity contribution >= 4 is 27.1 Å². The van der Waals surface area contributed by atoms with Crippen LogP contribution in [0.2, 0.25) is 0 Å². The molecule has 0 spiro atoms. The highest BCUT2D eigenvalue weighted by molar-refractivity contribution is 7.91. The van der Waals surface area contributed by atoms with Gasteiger partial charge in [-0.15, -0.1) is 0 Å². The summed E-state index contributed by atoms with van der Waals surface area (Å²) in [6.45, 7) is 1.14. The minimum Gasteiger partial charge on any atom is -0.399 e. The van der Waals surface area contributed by atoms with Crippen molar-refractivity contribution < 1.29 is 18.7 Å². The summed E-state index contributed by atoms with van der Waals surface area (Å²) in [5.74, 6) is -0.593. The van der Waals surface area contributed by atoms with Crippen LogP contribution in [0.3, 0.4) is 0 Å². The zero-order chi connectivity index (χ0) is 18.2. The van der Waals surface area contributed by atoms with Crippen LogP contribution in [0.4, 0.5) is 11.4 Å². The van der Waals surface area contributed by atoms with Gasteiger partial charge in [0, 0.05) is 18.3 Å². The summed E-state index contributed by atoms with van der Waals surface area (Å²) in [5.41, 5.74) is 5.49. The van der Waals surface area contributed by atoms with Gasteiger partial charge >= 0.3 is 0 Å². The van der Waals surface area contributed by atoms with E-state index in [-0.39, 0.29) is 10.6 Å². The monoisotopic (exact) mass is 294 g/mol. The molecule has 104 valence electrons. The van der Waals surface area contributed by atoms with Crippen molar-refractivity contribution in [3.63, 3.8) is 0 Å². The first-order valence-corrected chi connectivity index (χ1v) is 7.04. The van der Waals surface area contributed by atoms with E-state index >= 15 is 0 Å². The van der Waals surface area contributed by atoms with Gasteiger partial charge in [0.05, 0.1) is 15.3 Å². The Bertz CT molecular complexity index is 899. The molecule has 2 rings (SSSR count). The normalized spacial score (nSPS) is 13.8. The molecule has 0 bridgehead atoms. The fraction of sp³-hybridized carbons (Fsp3) is 0.0714. The summed E-state index contributed by atoms with van der Waals surface area (Å²) < 4.78 is 56.9. The number of amides is 1. The van der Waals surface area contributed by atoms with E-state index in [1.54, 1.807) is 0 Å². The van der Waals surface area contributed by atoms with Crippen LogP contribution >= 0.6 is 0 Å². The number of nitrogens with one attached hydrogen (secondary N) is 1. The number of carbonyl (C=O) groups excluding carboxylic acids is 1. The van der Waals surface area contributed by atoms with E-state index in [9.17, 15) is 13.2 Å². The van der Waals surface area contributed by atoms with Crippen LogP contribution in [-0.4, -0.2) is 14.3 Å². The fourth-order valence-corrected chi connectivity index (χ4v) is 2.54. The number of sulfone groups is 1. The van der Waals surface area contributed by atoms with Gasteiger partial charge in [0.25, 0.3) is 0 Å². The zero-order valence-corrected chi connectivity index (χ0v) is 11.3. The van der Waals surface area contributed by atoms with Crippen LogP contribution in [-0.2, 0) is 14.6 Å². The molecule has 0 aliphatic heterocycles. The Labute approximate surface area is 123 Å². The number of rotatable bonds is 3. The summed E-state index contributed by atoms with van der Waals surface area (Å²) in [7, 11) is -4.29. The lowest BCUT2D eigenvalue weighted by Gasteiger charge is -2.06. The molecule has 0 unspecified atom stereocenters. The molecule has 0 saturated carbocycles. The third-order valence-electron chi connectivity index (χ3n) is 2.36. The lowest BCUT2D eigenvalue weighted by Crippen LogP contribution is -2.06. The summed E-state index contributed by atoms with van der Waals surface area (Å²) in [6.07, 6.45) is 0. The molecule has 1 amide bonds. The van der Waals surface area contributed by atoms with E-state index in [2.05, 4.69) is 5.32 Å². The Morgan fingerprint density at radius 2 is 1.65 bits per heavy atom. The molecule has 0 aliphatic rings. The molecule has 20 heavy (non-hydrogen) atoms. The number of carbonyl (C=O) groups is 1. The molecule has 2 aromatic carbocycles. The van der Waals surface area contributed by atoms with Crippen molar-refractivity contribution in [2.24, 2.45) is 0 Å². The van der Waals surface area contributed by atoms with E-state index in [4.69, 9.17) is 11.2 Å². The second-order valence-electron chi connectivity index (χ2n) is 3.96. The van der Waals surface area contributed by atoms with Gasteiger partial charge in [0.2, 0.25) is 15.7 Å². The minimum atomic E-state index is -4.29. The van der Waals surface area contributed by atoms with Gasteiger partial charge in [-0.3, -0.25) is 4.79 Å². The quantitative estimate of drug-likeness (QED) is 0.848. The van der Waals surface area contributed by atoms with Crippen LogP contribution in [0.1, 0.15) is 12.4 Å². The van der Waals surface area contributed by atoms with Crippen LogP contribution in [0.15, 0.2) is 58.2 Å². The third-order valence-corrected chi connectivity index (χ3v) is 4.00. The minimum absolute atomic E-state index is 0.204. The van der Waals surface area contributed by atoms with Crippen LogP contribution in [0.5, 0.6) is 0 Å². The number of anilines is 2. The van der Waals surface area contributed by atoms with E-state index in [0.29, 0.717) is 5.69 Å². The van der Waals surface area contributed by atoms with Crippen LogP contribution in [0, 0.1) is 0 Å². The SMILES string of the molecule is [2H]c1c([2H])c(S(=O)(=O)c2ccc(N)cc2)c([2H])c([2H])c1NC(C)=O. The van der Waals surface area contributed by atoms with Gasteiger partial charge in [-0.1, -0.05) is 0 Å². The van der Waals surface area contributed by atoms with Gasteiger partial charge < -0.3 is 11.1 Å². The van der Waals surface area contributed by atoms with Crippen molar-refractivity contribution in [1.82, 2.24) is 0 Å². The molecule has 6 heteroatoms. The van der Waals surface area contributed by atoms with Gasteiger partial charge in [-0.25, -0.2) is 8.42 Å². The molecule has 3 N–H and O–H groups in total. The Morgan fingerprint density at radius 1 is 1.10 bits per heavy atom. The van der Waals surface area contributed by atoms with Crippen molar-refractivity contribution in [2.45, 2.75) is 16.7 Å². The maximum absolute atomic E-state index is 12.7. The van der Waals surface area contributed by atoms with Gasteiger partial charge in [-0.05, 0) is 48.4 Å². The predicted octanol–water partition coefficient (Wildman–Crippen LogP) is 2.06. The van der Waals surface area contributed by atoms with Crippen molar-refractivity contribution in [3.8, 4) is 0 Å². The Kier molecular flexibility index (Phi) is 2.55. The van der Waals surface area contributed by atoms with Gasteiger partial charge in [0.1, 0.15) is 0 Å². The van der Waals surface area contributed by atoms with Crippen LogP contribution in [0.25, 0.3) is 0 Å². The molecule has 2 aromatic rings. The highest BCUT2D eigenvalue weighted by Crippen LogP contribution is 2.23. The van der Waals surface area contributed by atoms with E-state index in [1.807, 2.05) is 0 Å². The lowest BCUT2D eigenvalue weighted by atomic mass is 10.3. The average molecular weight is 294 g/mol. The second kappa shape index (κ2) is 5.34. The second-order valence-corrected chi connectivity index (χ2v) is 5.84. The Balaban J connectivity index is 2.76. The zero-order valence-electron chi connectivity index (χ0n) is 14.5. The summed E-state index contributed by atoms with van der Waals surface area (Å²) in [6, 6.07) is 2.37.